The second-order valence-electron chi connectivity index (χ2n) is 8.48. The molecule has 0 fully saturated rings. The molecule has 0 aliphatic heterocycles. The molecule has 0 bridgehead atoms. The lowest BCUT2D eigenvalue weighted by molar-refractivity contribution is -0.143. The molecule has 0 spiro atoms. The Hall–Kier alpha value is -3.10. The number of amides is 3. The molecule has 32 heavy (non-hydrogen) atoms. The molecule has 9 nitrogen and oxygen atoms in total. The van der Waals surface area contributed by atoms with Gasteiger partial charge in [-0.05, 0) is 47.1 Å². The van der Waals surface area contributed by atoms with E-state index in [1.807, 2.05) is 19.1 Å². The second kappa shape index (κ2) is 12.1. The van der Waals surface area contributed by atoms with Gasteiger partial charge in [-0.1, -0.05) is 29.8 Å². The monoisotopic (exact) mass is 449 g/mol. The Kier molecular flexibility index (Phi) is 10.2. The first kappa shape index (κ1) is 26.9. The summed E-state index contributed by atoms with van der Waals surface area (Å²) in [4.78, 5) is 50.8. The number of alkyl carbamates (subject to hydrolysis) is 1. The van der Waals surface area contributed by atoms with Crippen molar-refractivity contribution in [3.05, 3.63) is 35.4 Å². The number of nitrogens with zero attached hydrogens (tertiary/aromatic N) is 1. The van der Waals surface area contributed by atoms with E-state index in [1.54, 1.807) is 39.8 Å². The second-order valence-corrected chi connectivity index (χ2v) is 8.48. The van der Waals surface area contributed by atoms with E-state index < -0.39 is 41.6 Å². The van der Waals surface area contributed by atoms with Gasteiger partial charge in [-0.3, -0.25) is 14.4 Å². The fraction of sp³-hybridized carbons (Fsp3) is 0.565. The third-order valence-electron chi connectivity index (χ3n) is 4.41. The van der Waals surface area contributed by atoms with Gasteiger partial charge in [0.1, 0.15) is 17.7 Å². The van der Waals surface area contributed by atoms with E-state index in [4.69, 9.17) is 9.47 Å². The number of aryl methyl sites for hydroxylation is 1. The van der Waals surface area contributed by atoms with Crippen LogP contribution in [0.15, 0.2) is 24.3 Å². The zero-order valence-electron chi connectivity index (χ0n) is 20.0. The predicted octanol–water partition coefficient (Wildman–Crippen LogP) is 2.48. The molecule has 1 aromatic carbocycles. The molecule has 2 atom stereocenters. The maximum absolute atomic E-state index is 13.0. The van der Waals surface area contributed by atoms with Gasteiger partial charge in [-0.25, -0.2) is 4.79 Å². The number of hydrogen-bond acceptors (Lipinski definition) is 6. The van der Waals surface area contributed by atoms with Crippen LogP contribution in [-0.4, -0.2) is 60.6 Å². The highest BCUT2D eigenvalue weighted by atomic mass is 16.6. The van der Waals surface area contributed by atoms with Gasteiger partial charge in [0, 0.05) is 13.6 Å². The standard InChI is InChI=1S/C23H35N3O6/c1-8-31-18(27)13-14-24-20(28)19(17-11-9-15(2)10-12-17)26(7)21(29)16(3)25-22(30)32-23(4,5)6/h9-12,16,19H,8,13-14H2,1-7H3,(H,24,28)(H,25,30). The normalized spacial score (nSPS) is 12.8. The Bertz CT molecular complexity index is 801. The van der Waals surface area contributed by atoms with Crippen molar-refractivity contribution in [2.24, 2.45) is 0 Å². The first-order chi connectivity index (χ1) is 14.9. The van der Waals surface area contributed by atoms with E-state index in [-0.39, 0.29) is 19.6 Å². The first-order valence-corrected chi connectivity index (χ1v) is 10.6. The van der Waals surface area contributed by atoms with Crippen LogP contribution in [-0.2, 0) is 23.9 Å². The molecular formula is C23H35N3O6. The lowest BCUT2D eigenvalue weighted by Gasteiger charge is -2.30. The number of rotatable bonds is 9. The van der Waals surface area contributed by atoms with Crippen LogP contribution in [0.3, 0.4) is 0 Å². The molecular weight excluding hydrogens is 414 g/mol. The summed E-state index contributed by atoms with van der Waals surface area (Å²) in [7, 11) is 1.49. The molecule has 9 heteroatoms. The number of hydrogen-bond donors (Lipinski definition) is 2. The van der Waals surface area contributed by atoms with E-state index in [1.165, 1.54) is 18.9 Å². The average Bonchev–Trinajstić information content (AvgIpc) is 2.67. The Morgan fingerprint density at radius 1 is 1.09 bits per heavy atom. The maximum atomic E-state index is 13.0. The predicted molar refractivity (Wildman–Crippen MR) is 120 cm³/mol. The van der Waals surface area contributed by atoms with E-state index in [9.17, 15) is 19.2 Å². The van der Waals surface area contributed by atoms with Crippen molar-refractivity contribution >= 4 is 23.9 Å². The van der Waals surface area contributed by atoms with Crippen LogP contribution in [0.4, 0.5) is 4.79 Å². The fourth-order valence-electron chi connectivity index (χ4n) is 2.90. The smallest absolute Gasteiger partial charge is 0.408 e. The number of likely N-dealkylation sites (N-methyl/N-ethyl adjacent to an activating group) is 1. The lowest BCUT2D eigenvalue weighted by Crippen LogP contribution is -2.50. The molecule has 0 saturated carbocycles. The van der Waals surface area contributed by atoms with Crippen LogP contribution in [0.1, 0.15) is 58.2 Å². The summed E-state index contributed by atoms with van der Waals surface area (Å²) in [5, 5.41) is 5.18. The van der Waals surface area contributed by atoms with Crippen LogP contribution >= 0.6 is 0 Å². The minimum atomic E-state index is -0.951. The van der Waals surface area contributed by atoms with Crippen molar-refractivity contribution in [3.8, 4) is 0 Å². The summed E-state index contributed by atoms with van der Waals surface area (Å²) >= 11 is 0. The van der Waals surface area contributed by atoms with Crippen LogP contribution < -0.4 is 10.6 Å². The van der Waals surface area contributed by atoms with Crippen molar-refractivity contribution in [3.63, 3.8) is 0 Å². The summed E-state index contributed by atoms with van der Waals surface area (Å²) in [5.74, 6) is -1.33. The van der Waals surface area contributed by atoms with Crippen molar-refractivity contribution in [1.29, 1.82) is 0 Å². The molecule has 0 saturated heterocycles. The van der Waals surface area contributed by atoms with Gasteiger partial charge in [0.05, 0.1) is 13.0 Å². The van der Waals surface area contributed by atoms with Crippen LogP contribution in [0.25, 0.3) is 0 Å². The van der Waals surface area contributed by atoms with Crippen molar-refractivity contribution in [1.82, 2.24) is 15.5 Å². The topological polar surface area (TPSA) is 114 Å². The maximum Gasteiger partial charge on any atom is 0.408 e. The SMILES string of the molecule is CCOC(=O)CCNC(=O)C(c1ccc(C)cc1)N(C)C(=O)C(C)NC(=O)OC(C)(C)C. The summed E-state index contributed by atoms with van der Waals surface area (Å²) in [6, 6.07) is 5.34. The van der Waals surface area contributed by atoms with Gasteiger partial charge < -0.3 is 25.0 Å². The van der Waals surface area contributed by atoms with Crippen molar-refractivity contribution in [2.45, 2.75) is 65.6 Å². The number of ether oxygens (including phenoxy) is 2. The number of benzene rings is 1. The van der Waals surface area contributed by atoms with Gasteiger partial charge in [0.15, 0.2) is 0 Å². The third-order valence-corrected chi connectivity index (χ3v) is 4.41. The van der Waals surface area contributed by atoms with Gasteiger partial charge in [0.2, 0.25) is 11.8 Å². The number of esters is 1. The van der Waals surface area contributed by atoms with Crippen LogP contribution in [0.2, 0.25) is 0 Å². The minimum absolute atomic E-state index is 0.0223. The molecule has 0 aromatic heterocycles. The zero-order chi connectivity index (χ0) is 24.5. The van der Waals surface area contributed by atoms with E-state index in [0.717, 1.165) is 5.56 Å². The third kappa shape index (κ3) is 8.95. The summed E-state index contributed by atoms with van der Waals surface area (Å²) < 4.78 is 10.1. The molecule has 0 aliphatic carbocycles. The molecule has 2 unspecified atom stereocenters. The van der Waals surface area contributed by atoms with E-state index >= 15 is 0 Å². The van der Waals surface area contributed by atoms with Crippen molar-refractivity contribution in [2.75, 3.05) is 20.2 Å². The largest absolute Gasteiger partial charge is 0.466 e. The quantitative estimate of drug-likeness (QED) is 0.560. The average molecular weight is 450 g/mol. The van der Waals surface area contributed by atoms with E-state index in [0.29, 0.717) is 5.56 Å². The summed E-state index contributed by atoms with van der Waals surface area (Å²) in [6.07, 6.45) is -0.702. The Morgan fingerprint density at radius 2 is 1.69 bits per heavy atom. The van der Waals surface area contributed by atoms with Gasteiger partial charge in [-0.15, -0.1) is 0 Å². The van der Waals surface area contributed by atoms with Crippen molar-refractivity contribution < 1.29 is 28.7 Å². The highest BCUT2D eigenvalue weighted by molar-refractivity contribution is 5.91. The number of nitrogens with one attached hydrogen (secondary N) is 2. The van der Waals surface area contributed by atoms with Crippen LogP contribution in [0, 0.1) is 6.92 Å². The fourth-order valence-corrected chi connectivity index (χ4v) is 2.90. The molecule has 3 amide bonds. The molecule has 1 aromatic rings. The molecule has 2 N–H and O–H groups in total. The highest BCUT2D eigenvalue weighted by Gasteiger charge is 2.32. The van der Waals surface area contributed by atoms with E-state index in [2.05, 4.69) is 10.6 Å². The highest BCUT2D eigenvalue weighted by Crippen LogP contribution is 2.21. The first-order valence-electron chi connectivity index (χ1n) is 10.6. The summed E-state index contributed by atoms with van der Waals surface area (Å²) in [6.45, 7) is 10.6. The molecule has 0 aliphatic rings. The Morgan fingerprint density at radius 3 is 2.22 bits per heavy atom. The Balaban J connectivity index is 2.96. The lowest BCUT2D eigenvalue weighted by atomic mass is 10.0. The zero-order valence-corrected chi connectivity index (χ0v) is 20.0. The Labute approximate surface area is 189 Å². The molecule has 1 rings (SSSR count). The summed E-state index contributed by atoms with van der Waals surface area (Å²) in [5.41, 5.74) is 0.899. The van der Waals surface area contributed by atoms with Gasteiger partial charge in [0.25, 0.3) is 0 Å². The van der Waals surface area contributed by atoms with Crippen LogP contribution in [0.5, 0.6) is 0 Å². The number of carbonyl (C=O) groups excluding carboxylic acids is 4. The number of carbonyl (C=O) groups is 4. The molecule has 0 radical (unpaired) electrons. The minimum Gasteiger partial charge on any atom is -0.466 e. The van der Waals surface area contributed by atoms with Gasteiger partial charge >= 0.3 is 12.1 Å². The molecule has 178 valence electrons. The van der Waals surface area contributed by atoms with Gasteiger partial charge in [-0.2, -0.15) is 0 Å². The molecule has 0 heterocycles.